The first-order valence-electron chi connectivity index (χ1n) is 8.47. The summed E-state index contributed by atoms with van der Waals surface area (Å²) in [4.78, 5) is 13.1. The van der Waals surface area contributed by atoms with Gasteiger partial charge in [0.1, 0.15) is 17.4 Å². The number of para-hydroxylation sites is 1. The molecule has 3 aromatic rings. The summed E-state index contributed by atoms with van der Waals surface area (Å²) in [5.74, 6) is 2.44. The number of hydrogen-bond acceptors (Lipinski definition) is 7. The van der Waals surface area contributed by atoms with Crippen molar-refractivity contribution in [1.29, 1.82) is 0 Å². The topological polar surface area (TPSA) is 70.3 Å². The third-order valence-corrected chi connectivity index (χ3v) is 4.28. The van der Waals surface area contributed by atoms with Crippen molar-refractivity contribution in [2.45, 2.75) is 6.92 Å². The number of nitrogens with zero attached hydrogens (tertiary/aromatic N) is 5. The maximum atomic E-state index is 14.0. The molecule has 1 aliphatic heterocycles. The van der Waals surface area contributed by atoms with Crippen molar-refractivity contribution < 1.29 is 8.91 Å². The molecule has 8 heteroatoms. The van der Waals surface area contributed by atoms with Crippen molar-refractivity contribution in [2.24, 2.45) is 0 Å². The second-order valence-corrected chi connectivity index (χ2v) is 6.12. The average Bonchev–Trinajstić information content (AvgIpc) is 3.07. The lowest BCUT2D eigenvalue weighted by atomic mass is 10.2. The van der Waals surface area contributed by atoms with Crippen LogP contribution in [0.15, 0.2) is 47.1 Å². The van der Waals surface area contributed by atoms with E-state index < -0.39 is 0 Å². The predicted molar refractivity (Wildman–Crippen MR) is 97.4 cm³/mol. The highest BCUT2D eigenvalue weighted by Gasteiger charge is 2.21. The molecule has 0 aliphatic carbocycles. The van der Waals surface area contributed by atoms with Crippen LogP contribution in [0, 0.1) is 12.7 Å². The molecule has 7 nitrogen and oxygen atoms in total. The molecule has 26 heavy (non-hydrogen) atoms. The Hall–Kier alpha value is -3.16. The van der Waals surface area contributed by atoms with Crippen molar-refractivity contribution in [3.63, 3.8) is 0 Å². The largest absolute Gasteiger partial charge is 0.366 e. The van der Waals surface area contributed by atoms with E-state index in [2.05, 4.69) is 25.3 Å². The van der Waals surface area contributed by atoms with Gasteiger partial charge in [0.2, 0.25) is 5.95 Å². The highest BCUT2D eigenvalue weighted by molar-refractivity contribution is 5.54. The first kappa shape index (κ1) is 16.3. The molecule has 1 aromatic carbocycles. The van der Waals surface area contributed by atoms with E-state index in [0.717, 1.165) is 18.8 Å². The molecule has 1 aliphatic rings. The Morgan fingerprint density at radius 2 is 1.81 bits per heavy atom. The van der Waals surface area contributed by atoms with Crippen LogP contribution in [0.4, 0.5) is 27.7 Å². The lowest BCUT2D eigenvalue weighted by Crippen LogP contribution is -2.47. The zero-order valence-corrected chi connectivity index (χ0v) is 14.4. The minimum absolute atomic E-state index is 0.189. The summed E-state index contributed by atoms with van der Waals surface area (Å²) in [5, 5.41) is 7.01. The summed E-state index contributed by atoms with van der Waals surface area (Å²) >= 11 is 0. The van der Waals surface area contributed by atoms with Gasteiger partial charge in [-0.2, -0.15) is 4.98 Å². The van der Waals surface area contributed by atoms with Gasteiger partial charge in [-0.05, 0) is 25.1 Å². The quantitative estimate of drug-likeness (QED) is 0.772. The molecule has 0 bridgehead atoms. The van der Waals surface area contributed by atoms with Crippen molar-refractivity contribution in [3.8, 4) is 0 Å². The smallest absolute Gasteiger partial charge is 0.227 e. The number of piperazine rings is 1. The van der Waals surface area contributed by atoms with Gasteiger partial charge in [-0.25, -0.2) is 9.37 Å². The molecule has 0 unspecified atom stereocenters. The van der Waals surface area contributed by atoms with E-state index >= 15 is 0 Å². The van der Waals surface area contributed by atoms with Gasteiger partial charge in [0.05, 0.1) is 5.69 Å². The van der Waals surface area contributed by atoms with Crippen LogP contribution in [0.3, 0.4) is 0 Å². The molecule has 1 fully saturated rings. The summed E-state index contributed by atoms with van der Waals surface area (Å²) in [5.41, 5.74) is 0.643. The maximum Gasteiger partial charge on any atom is 0.227 e. The molecule has 3 heterocycles. The number of hydrogen-bond donors (Lipinski definition) is 1. The highest BCUT2D eigenvalue weighted by atomic mass is 19.1. The van der Waals surface area contributed by atoms with Gasteiger partial charge in [-0.3, -0.25) is 0 Å². The van der Waals surface area contributed by atoms with Crippen molar-refractivity contribution in [1.82, 2.24) is 15.1 Å². The van der Waals surface area contributed by atoms with Gasteiger partial charge in [-0.15, -0.1) is 0 Å². The van der Waals surface area contributed by atoms with Gasteiger partial charge in [0, 0.05) is 38.4 Å². The highest BCUT2D eigenvalue weighted by Crippen LogP contribution is 2.22. The van der Waals surface area contributed by atoms with Crippen LogP contribution in [0.25, 0.3) is 0 Å². The first-order chi connectivity index (χ1) is 12.7. The number of nitrogens with one attached hydrogen (secondary N) is 1. The van der Waals surface area contributed by atoms with Crippen LogP contribution in [0.2, 0.25) is 0 Å². The second kappa shape index (κ2) is 6.99. The number of halogens is 1. The van der Waals surface area contributed by atoms with Crippen molar-refractivity contribution in [3.05, 3.63) is 54.2 Å². The number of anilines is 4. The molecule has 0 saturated carbocycles. The zero-order chi connectivity index (χ0) is 17.9. The van der Waals surface area contributed by atoms with E-state index in [9.17, 15) is 4.39 Å². The number of aryl methyl sites for hydroxylation is 1. The minimum Gasteiger partial charge on any atom is -0.366 e. The maximum absolute atomic E-state index is 14.0. The van der Waals surface area contributed by atoms with Crippen molar-refractivity contribution >= 4 is 23.3 Å². The molecule has 134 valence electrons. The summed E-state index contributed by atoms with van der Waals surface area (Å²) in [6.45, 7) is 4.70. The fourth-order valence-corrected chi connectivity index (χ4v) is 2.98. The Balaban J connectivity index is 1.43. The fraction of sp³-hybridized carbons (Fsp3) is 0.278. The third kappa shape index (κ3) is 3.44. The van der Waals surface area contributed by atoms with E-state index in [0.29, 0.717) is 36.4 Å². The van der Waals surface area contributed by atoms with Gasteiger partial charge >= 0.3 is 0 Å². The monoisotopic (exact) mass is 354 g/mol. The van der Waals surface area contributed by atoms with E-state index in [4.69, 9.17) is 4.52 Å². The summed E-state index contributed by atoms with van der Waals surface area (Å²) in [6.07, 6.45) is 1.71. The average molecular weight is 354 g/mol. The van der Waals surface area contributed by atoms with E-state index in [1.165, 1.54) is 6.07 Å². The van der Waals surface area contributed by atoms with E-state index in [-0.39, 0.29) is 5.82 Å². The second-order valence-electron chi connectivity index (χ2n) is 6.12. The summed E-state index contributed by atoms with van der Waals surface area (Å²) in [6, 6.07) is 10.4. The Morgan fingerprint density at radius 3 is 2.54 bits per heavy atom. The number of benzene rings is 1. The van der Waals surface area contributed by atoms with Crippen LogP contribution in [0.1, 0.15) is 5.76 Å². The summed E-state index contributed by atoms with van der Waals surface area (Å²) in [7, 11) is 0. The van der Waals surface area contributed by atoms with Crippen LogP contribution < -0.4 is 15.1 Å². The summed E-state index contributed by atoms with van der Waals surface area (Å²) < 4.78 is 19.0. The number of aromatic nitrogens is 3. The van der Waals surface area contributed by atoms with Gasteiger partial charge in [-0.1, -0.05) is 17.3 Å². The Bertz CT molecular complexity index is 891. The molecule has 0 spiro atoms. The Kier molecular flexibility index (Phi) is 4.39. The normalized spacial score (nSPS) is 14.5. The lowest BCUT2D eigenvalue weighted by Gasteiger charge is -2.36. The molecule has 1 N–H and O–H groups in total. The van der Waals surface area contributed by atoms with Crippen LogP contribution in [-0.4, -0.2) is 41.3 Å². The minimum atomic E-state index is -0.189. The Morgan fingerprint density at radius 1 is 1.04 bits per heavy atom. The molecule has 1 saturated heterocycles. The van der Waals surface area contributed by atoms with Crippen LogP contribution in [0.5, 0.6) is 0 Å². The molecule has 2 aromatic heterocycles. The molecular formula is C18H19FN6O. The molecule has 0 radical (unpaired) electrons. The van der Waals surface area contributed by atoms with Gasteiger partial charge in [0.15, 0.2) is 5.82 Å². The molecule has 0 amide bonds. The van der Waals surface area contributed by atoms with E-state index in [1.807, 2.05) is 24.0 Å². The Labute approximate surface area is 150 Å². The van der Waals surface area contributed by atoms with Crippen molar-refractivity contribution in [2.75, 3.05) is 41.3 Å². The molecule has 4 rings (SSSR count). The van der Waals surface area contributed by atoms with Gasteiger partial charge in [0.25, 0.3) is 0 Å². The lowest BCUT2D eigenvalue weighted by molar-refractivity contribution is 0.400. The SMILES string of the molecule is Cc1cc(Nc2ccnc(N3CCN(c4ccccc4F)CC3)n2)no1. The van der Waals surface area contributed by atoms with Crippen LogP contribution >= 0.6 is 0 Å². The first-order valence-corrected chi connectivity index (χ1v) is 8.47. The number of rotatable bonds is 4. The van der Waals surface area contributed by atoms with E-state index in [1.54, 1.807) is 24.4 Å². The molecule has 0 atom stereocenters. The third-order valence-electron chi connectivity index (χ3n) is 4.28. The fourth-order valence-electron chi connectivity index (χ4n) is 2.98. The van der Waals surface area contributed by atoms with Crippen LogP contribution in [-0.2, 0) is 0 Å². The van der Waals surface area contributed by atoms with Gasteiger partial charge < -0.3 is 19.6 Å². The molecular weight excluding hydrogens is 335 g/mol. The predicted octanol–water partition coefficient (Wildman–Crippen LogP) is 2.98. The standard InChI is InChI=1S/C18H19FN6O/c1-13-12-17(23-26-13)21-16-6-7-20-18(22-16)25-10-8-24(9-11-25)15-5-3-2-4-14(15)19/h2-7,12H,8-11H2,1H3,(H,20,21,22,23). The zero-order valence-electron chi connectivity index (χ0n) is 14.4.